The Hall–Kier alpha value is 0.220. The first-order chi connectivity index (χ1) is 7.04. The minimum absolute atomic E-state index is 0.0153. The molecule has 82 valence electrons. The molecule has 0 saturated heterocycles. The molecule has 1 atom stereocenters. The number of aromatic hydroxyl groups is 2. The average Bonchev–Trinajstić information content (AvgIpc) is 2.23. The molecule has 1 heterocycles. The maximum absolute atomic E-state index is 9.69. The first kappa shape index (κ1) is 11.7. The number of alkyl halides is 1. The van der Waals surface area contributed by atoms with Crippen LogP contribution in [0.2, 0.25) is 0 Å². The summed E-state index contributed by atoms with van der Waals surface area (Å²) in [6.45, 7) is 0.832. The highest BCUT2D eigenvalue weighted by Crippen LogP contribution is 2.48. The fourth-order valence-electron chi connectivity index (χ4n) is 1.66. The molecule has 0 bridgehead atoms. The summed E-state index contributed by atoms with van der Waals surface area (Å²) in [5, 5.41) is 22.6. The molecule has 0 fully saturated rings. The van der Waals surface area contributed by atoms with Crippen molar-refractivity contribution in [2.75, 3.05) is 6.54 Å². The van der Waals surface area contributed by atoms with Gasteiger partial charge in [-0.1, -0.05) is 15.9 Å². The van der Waals surface area contributed by atoms with Crippen LogP contribution in [0.4, 0.5) is 0 Å². The van der Waals surface area contributed by atoms with Gasteiger partial charge in [-0.2, -0.15) is 0 Å². The Morgan fingerprint density at radius 3 is 2.40 bits per heavy atom. The molecule has 3 N–H and O–H groups in total. The van der Waals surface area contributed by atoms with Crippen LogP contribution in [0.15, 0.2) is 8.95 Å². The second-order valence-electron chi connectivity index (χ2n) is 3.28. The van der Waals surface area contributed by atoms with Gasteiger partial charge >= 0.3 is 0 Å². The number of rotatable bonds is 0. The minimum Gasteiger partial charge on any atom is -0.503 e. The number of phenolic OH excluding ortho intramolecular Hbond substituents is 2. The van der Waals surface area contributed by atoms with Crippen LogP contribution >= 0.6 is 47.8 Å². The summed E-state index contributed by atoms with van der Waals surface area (Å²) in [5.74, 6) is -0.240. The van der Waals surface area contributed by atoms with Crippen molar-refractivity contribution in [3.05, 3.63) is 20.1 Å². The Kier molecular flexibility index (Phi) is 3.30. The third kappa shape index (κ3) is 1.81. The largest absolute Gasteiger partial charge is 0.503 e. The monoisotopic (exact) mass is 399 g/mol. The zero-order valence-corrected chi connectivity index (χ0v) is 12.3. The molecule has 0 amide bonds. The molecule has 3 nitrogen and oxygen atoms in total. The van der Waals surface area contributed by atoms with E-state index in [2.05, 4.69) is 53.1 Å². The maximum Gasteiger partial charge on any atom is 0.173 e. The molecule has 1 aromatic rings. The van der Waals surface area contributed by atoms with Crippen LogP contribution in [0.5, 0.6) is 11.5 Å². The zero-order chi connectivity index (χ0) is 11.2. The van der Waals surface area contributed by atoms with Crippen LogP contribution < -0.4 is 5.32 Å². The molecule has 1 aliphatic heterocycles. The Balaban J connectivity index is 2.74. The van der Waals surface area contributed by atoms with Gasteiger partial charge in [-0.15, -0.1) is 0 Å². The van der Waals surface area contributed by atoms with E-state index in [0.717, 1.165) is 24.1 Å². The topological polar surface area (TPSA) is 52.5 Å². The van der Waals surface area contributed by atoms with Gasteiger partial charge in [0.25, 0.3) is 0 Å². The number of fused-ring (bicyclic) bond motifs is 1. The van der Waals surface area contributed by atoms with Gasteiger partial charge in [-0.3, -0.25) is 0 Å². The van der Waals surface area contributed by atoms with Crippen LogP contribution in [0, 0.1) is 0 Å². The van der Waals surface area contributed by atoms with Gasteiger partial charge in [0.05, 0.1) is 13.9 Å². The van der Waals surface area contributed by atoms with Gasteiger partial charge in [-0.05, 0) is 43.8 Å². The van der Waals surface area contributed by atoms with Crippen LogP contribution in [-0.4, -0.2) is 16.8 Å². The minimum atomic E-state index is -0.131. The first-order valence-electron chi connectivity index (χ1n) is 4.33. The molecule has 6 heteroatoms. The van der Waals surface area contributed by atoms with E-state index in [9.17, 15) is 10.2 Å². The van der Waals surface area contributed by atoms with Crippen molar-refractivity contribution >= 4 is 47.8 Å². The van der Waals surface area contributed by atoms with E-state index in [1.165, 1.54) is 0 Å². The Labute approximate surface area is 112 Å². The van der Waals surface area contributed by atoms with Crippen molar-refractivity contribution in [3.63, 3.8) is 0 Å². The van der Waals surface area contributed by atoms with Crippen LogP contribution in [0.3, 0.4) is 0 Å². The number of benzene rings is 1. The standard InChI is InChI=1S/C9H8Br3NO2/c10-5-3-1-2-13-9(12)4(3)6(11)8(15)7(5)14/h9,13-15H,1-2H2. The van der Waals surface area contributed by atoms with Crippen LogP contribution in [-0.2, 0) is 6.42 Å². The predicted molar refractivity (Wildman–Crippen MR) is 68.5 cm³/mol. The lowest BCUT2D eigenvalue weighted by molar-refractivity contribution is 0.396. The normalized spacial score (nSPS) is 20.1. The molecule has 0 saturated carbocycles. The highest BCUT2D eigenvalue weighted by Gasteiger charge is 2.27. The van der Waals surface area contributed by atoms with Crippen LogP contribution in [0.25, 0.3) is 0 Å². The summed E-state index contributed by atoms with van der Waals surface area (Å²) in [6.07, 6.45) is 0.810. The van der Waals surface area contributed by atoms with Crippen molar-refractivity contribution < 1.29 is 10.2 Å². The lowest BCUT2D eigenvalue weighted by Crippen LogP contribution is -2.26. The summed E-state index contributed by atoms with van der Waals surface area (Å²) >= 11 is 10.1. The van der Waals surface area contributed by atoms with Gasteiger partial charge in [0.2, 0.25) is 0 Å². The lowest BCUT2D eigenvalue weighted by atomic mass is 10.00. The van der Waals surface area contributed by atoms with E-state index in [1.54, 1.807) is 0 Å². The van der Waals surface area contributed by atoms with Gasteiger partial charge in [0.15, 0.2) is 11.5 Å². The smallest absolute Gasteiger partial charge is 0.173 e. The molecule has 1 aliphatic rings. The summed E-state index contributed by atoms with van der Waals surface area (Å²) in [6, 6.07) is 0. The van der Waals surface area contributed by atoms with E-state index in [4.69, 9.17) is 0 Å². The zero-order valence-electron chi connectivity index (χ0n) is 7.52. The average molecular weight is 402 g/mol. The lowest BCUT2D eigenvalue weighted by Gasteiger charge is -2.26. The molecule has 1 unspecified atom stereocenters. The third-order valence-electron chi connectivity index (χ3n) is 2.42. The fourth-order valence-corrected chi connectivity index (χ4v) is 3.96. The second kappa shape index (κ2) is 4.24. The van der Waals surface area contributed by atoms with Crippen molar-refractivity contribution in [3.8, 4) is 11.5 Å². The fraction of sp³-hybridized carbons (Fsp3) is 0.333. The summed E-state index contributed by atoms with van der Waals surface area (Å²) in [7, 11) is 0. The Morgan fingerprint density at radius 2 is 1.73 bits per heavy atom. The van der Waals surface area contributed by atoms with Crippen molar-refractivity contribution in [1.82, 2.24) is 5.32 Å². The molecule has 0 spiro atoms. The molecule has 15 heavy (non-hydrogen) atoms. The molecule has 0 aromatic heterocycles. The predicted octanol–water partition coefficient (Wildman–Crippen LogP) is 3.16. The Morgan fingerprint density at radius 1 is 1.13 bits per heavy atom. The summed E-state index contributed by atoms with van der Waals surface area (Å²) in [5.41, 5.74) is 1.95. The van der Waals surface area contributed by atoms with Crippen molar-refractivity contribution in [2.24, 2.45) is 0 Å². The van der Waals surface area contributed by atoms with Gasteiger partial charge in [0.1, 0.15) is 0 Å². The van der Waals surface area contributed by atoms with Crippen molar-refractivity contribution in [2.45, 2.75) is 11.4 Å². The molecule has 1 aromatic carbocycles. The number of hydrogen-bond acceptors (Lipinski definition) is 3. The van der Waals surface area contributed by atoms with Gasteiger partial charge < -0.3 is 15.5 Å². The summed E-state index contributed by atoms with van der Waals surface area (Å²) < 4.78 is 1.11. The SMILES string of the molecule is Oc1c(O)c(Br)c2c(c1Br)CCNC2Br. The van der Waals surface area contributed by atoms with E-state index in [-0.39, 0.29) is 16.5 Å². The molecule has 2 rings (SSSR count). The van der Waals surface area contributed by atoms with Gasteiger partial charge in [-0.25, -0.2) is 0 Å². The van der Waals surface area contributed by atoms with E-state index in [1.807, 2.05) is 0 Å². The second-order valence-corrected chi connectivity index (χ2v) is 5.79. The Bertz CT molecular complexity index is 423. The first-order valence-corrected chi connectivity index (χ1v) is 6.83. The molecule has 0 aliphatic carbocycles. The third-order valence-corrected chi connectivity index (χ3v) is 4.86. The molecular formula is C9H8Br3NO2. The quantitative estimate of drug-likeness (QED) is 0.355. The van der Waals surface area contributed by atoms with Crippen LogP contribution in [0.1, 0.15) is 16.1 Å². The number of hydrogen-bond donors (Lipinski definition) is 3. The molecular weight excluding hydrogens is 394 g/mol. The van der Waals surface area contributed by atoms with E-state index in [0.29, 0.717) is 8.95 Å². The highest BCUT2D eigenvalue weighted by molar-refractivity contribution is 9.11. The number of halogens is 3. The molecule has 0 radical (unpaired) electrons. The highest BCUT2D eigenvalue weighted by atomic mass is 79.9. The van der Waals surface area contributed by atoms with E-state index >= 15 is 0 Å². The summed E-state index contributed by atoms with van der Waals surface area (Å²) in [4.78, 5) is -0.0153. The number of nitrogens with one attached hydrogen (secondary N) is 1. The van der Waals surface area contributed by atoms with Crippen molar-refractivity contribution in [1.29, 1.82) is 0 Å². The number of phenols is 2. The van der Waals surface area contributed by atoms with Gasteiger partial charge in [0, 0.05) is 12.1 Å². The van der Waals surface area contributed by atoms with E-state index < -0.39 is 0 Å². The maximum atomic E-state index is 9.69.